The molecule has 0 unspecified atom stereocenters. The molecule has 0 aliphatic carbocycles. The molecule has 6 rings (SSSR count). The number of carbonyl (C=O) groups is 2. The number of amides is 2. The first kappa shape index (κ1) is 21.8. The maximum absolute atomic E-state index is 14.0. The molecule has 1 fully saturated rings. The summed E-state index contributed by atoms with van der Waals surface area (Å²) >= 11 is 0. The highest BCUT2D eigenvalue weighted by Crippen LogP contribution is 2.45. The highest BCUT2D eigenvalue weighted by molar-refractivity contribution is 6.01. The third kappa shape index (κ3) is 3.40. The normalized spacial score (nSPS) is 20.9. The molecule has 0 spiro atoms. The largest absolute Gasteiger partial charge is 0.482 e. The number of aryl methyl sites for hydroxylation is 1. The maximum atomic E-state index is 14.0. The number of hydrogen-bond acceptors (Lipinski definition) is 4. The van der Waals surface area contributed by atoms with Crippen LogP contribution < -0.4 is 9.64 Å². The van der Waals surface area contributed by atoms with Gasteiger partial charge in [-0.1, -0.05) is 0 Å². The summed E-state index contributed by atoms with van der Waals surface area (Å²) in [5.74, 6) is -0.994. The topological polar surface area (TPSA) is 67.7 Å². The van der Waals surface area contributed by atoms with E-state index >= 15 is 0 Å². The van der Waals surface area contributed by atoms with Crippen molar-refractivity contribution in [2.24, 2.45) is 7.05 Å². The number of ether oxygens (including phenoxy) is 1. The Labute approximate surface area is 200 Å². The Kier molecular flexibility index (Phi) is 4.91. The van der Waals surface area contributed by atoms with Gasteiger partial charge in [0.05, 0.1) is 23.1 Å². The Balaban J connectivity index is 1.39. The zero-order valence-corrected chi connectivity index (χ0v) is 19.4. The number of benzene rings is 2. The summed E-state index contributed by atoms with van der Waals surface area (Å²) < 4.78 is 35.1. The van der Waals surface area contributed by atoms with Gasteiger partial charge in [0.15, 0.2) is 6.61 Å². The van der Waals surface area contributed by atoms with Crippen molar-refractivity contribution in [1.29, 1.82) is 0 Å². The second-order valence-corrected chi connectivity index (χ2v) is 9.44. The Morgan fingerprint density at radius 3 is 2.63 bits per heavy atom. The minimum Gasteiger partial charge on any atom is -0.482 e. The van der Waals surface area contributed by atoms with E-state index in [-0.39, 0.29) is 30.5 Å². The summed E-state index contributed by atoms with van der Waals surface area (Å²) in [5.41, 5.74) is 3.92. The lowest BCUT2D eigenvalue weighted by Crippen LogP contribution is -2.50. The number of rotatable bonds is 2. The van der Waals surface area contributed by atoms with Gasteiger partial charge in [-0.2, -0.15) is 5.10 Å². The second-order valence-electron chi connectivity index (χ2n) is 9.44. The van der Waals surface area contributed by atoms with Gasteiger partial charge in [-0.25, -0.2) is 8.78 Å². The van der Waals surface area contributed by atoms with E-state index in [1.807, 2.05) is 4.90 Å². The van der Waals surface area contributed by atoms with Gasteiger partial charge in [-0.15, -0.1) is 0 Å². The molecule has 3 aliphatic heterocycles. The Bertz CT molecular complexity index is 1360. The highest BCUT2D eigenvalue weighted by atomic mass is 19.1. The minimum absolute atomic E-state index is 0.0208. The fraction of sp³-hybridized carbons (Fsp3) is 0.346. The predicted octanol–water partition coefficient (Wildman–Crippen LogP) is 4.01. The Morgan fingerprint density at radius 1 is 1.09 bits per heavy atom. The molecule has 4 heterocycles. The van der Waals surface area contributed by atoms with Gasteiger partial charge in [0.1, 0.15) is 17.4 Å². The number of aromatic nitrogens is 2. The number of halogens is 2. The van der Waals surface area contributed by atoms with Gasteiger partial charge in [0.25, 0.3) is 11.8 Å². The fourth-order valence-electron chi connectivity index (χ4n) is 5.75. The molecule has 2 atom stereocenters. The summed E-state index contributed by atoms with van der Waals surface area (Å²) in [6, 6.07) is 8.39. The molecule has 180 valence electrons. The van der Waals surface area contributed by atoms with Crippen molar-refractivity contribution >= 4 is 17.5 Å². The van der Waals surface area contributed by atoms with Crippen molar-refractivity contribution in [1.82, 2.24) is 14.7 Å². The van der Waals surface area contributed by atoms with Crippen LogP contribution >= 0.6 is 0 Å². The van der Waals surface area contributed by atoms with Crippen molar-refractivity contribution in [2.75, 3.05) is 18.6 Å². The van der Waals surface area contributed by atoms with Crippen LogP contribution in [0.3, 0.4) is 0 Å². The third-order valence-electron chi connectivity index (χ3n) is 7.34. The van der Waals surface area contributed by atoms with Gasteiger partial charge in [0, 0.05) is 42.9 Å². The van der Waals surface area contributed by atoms with Gasteiger partial charge in [-0.3, -0.25) is 14.3 Å². The van der Waals surface area contributed by atoms with E-state index in [4.69, 9.17) is 9.84 Å². The molecule has 2 amide bonds. The second kappa shape index (κ2) is 7.90. The van der Waals surface area contributed by atoms with E-state index in [2.05, 4.69) is 0 Å². The molecule has 2 bridgehead atoms. The number of anilines is 1. The van der Waals surface area contributed by atoms with Crippen LogP contribution in [-0.2, 0) is 18.3 Å². The average molecular weight is 478 g/mol. The predicted molar refractivity (Wildman–Crippen MR) is 124 cm³/mol. The Morgan fingerprint density at radius 2 is 1.86 bits per heavy atom. The zero-order valence-electron chi connectivity index (χ0n) is 19.4. The minimum atomic E-state index is -0.636. The van der Waals surface area contributed by atoms with Gasteiger partial charge in [-0.05, 0) is 56.0 Å². The number of nitrogens with zero attached hydrogens (tertiary/aromatic N) is 4. The molecule has 35 heavy (non-hydrogen) atoms. The van der Waals surface area contributed by atoms with Crippen molar-refractivity contribution in [2.45, 2.75) is 37.8 Å². The first-order chi connectivity index (χ1) is 16.8. The highest BCUT2D eigenvalue weighted by Gasteiger charge is 2.43. The molecule has 0 N–H and O–H groups in total. The molecule has 2 aromatic carbocycles. The SMILES string of the molecule is CN1C(=O)COc2ccc(C(=O)N3[C@H]4CCC[C@@H]3c3nn(C)c(-c5cc(F)cc(F)c5)c3C4)cc21. The summed E-state index contributed by atoms with van der Waals surface area (Å²) in [6.45, 7) is -0.0208. The standard InChI is InChI=1S/C26H24F2N4O3/c1-30-21-10-14(6-7-22(21)35-13-23(30)33)26(34)32-18-4-3-5-20(32)24-19(12-18)25(31(2)29-24)15-8-16(27)11-17(28)9-15/h6-11,18,20H,3-5,12-13H2,1-2H3/t18-,20+/m0/s1. The number of likely N-dealkylation sites (N-methyl/N-ethyl adjacent to an activating group) is 1. The van der Waals surface area contributed by atoms with E-state index in [1.54, 1.807) is 37.0 Å². The van der Waals surface area contributed by atoms with Crippen LogP contribution in [0.2, 0.25) is 0 Å². The molecular formula is C26H24F2N4O3. The van der Waals surface area contributed by atoms with Crippen LogP contribution in [0.4, 0.5) is 14.5 Å². The number of carbonyl (C=O) groups excluding carboxylic acids is 2. The maximum Gasteiger partial charge on any atom is 0.264 e. The molecule has 1 aromatic heterocycles. The van der Waals surface area contributed by atoms with Crippen LogP contribution in [-0.4, -0.2) is 46.2 Å². The summed E-state index contributed by atoms with van der Waals surface area (Å²) in [7, 11) is 3.44. The van der Waals surface area contributed by atoms with Crippen LogP contribution in [0, 0.1) is 11.6 Å². The molecule has 7 nitrogen and oxygen atoms in total. The van der Waals surface area contributed by atoms with Crippen molar-refractivity contribution in [3.05, 3.63) is 64.9 Å². The molecule has 1 saturated heterocycles. The lowest BCUT2D eigenvalue weighted by atomic mass is 9.81. The lowest BCUT2D eigenvalue weighted by molar-refractivity contribution is -0.121. The van der Waals surface area contributed by atoms with Crippen molar-refractivity contribution in [3.8, 4) is 17.0 Å². The third-order valence-corrected chi connectivity index (χ3v) is 7.34. The molecular weight excluding hydrogens is 454 g/mol. The summed E-state index contributed by atoms with van der Waals surface area (Å²) in [5, 5.41) is 4.73. The van der Waals surface area contributed by atoms with E-state index in [0.717, 1.165) is 36.6 Å². The molecule has 9 heteroatoms. The first-order valence-electron chi connectivity index (χ1n) is 11.7. The van der Waals surface area contributed by atoms with E-state index < -0.39 is 11.6 Å². The lowest BCUT2D eigenvalue weighted by Gasteiger charge is -2.45. The van der Waals surface area contributed by atoms with Gasteiger partial charge < -0.3 is 14.5 Å². The molecule has 3 aromatic rings. The monoisotopic (exact) mass is 478 g/mol. The van der Waals surface area contributed by atoms with Gasteiger partial charge in [0.2, 0.25) is 0 Å². The van der Waals surface area contributed by atoms with E-state index in [1.165, 1.54) is 17.0 Å². The Hall–Kier alpha value is -3.75. The molecule has 0 saturated carbocycles. The summed E-state index contributed by atoms with van der Waals surface area (Å²) in [6.07, 6.45) is 3.12. The van der Waals surface area contributed by atoms with E-state index in [9.17, 15) is 18.4 Å². The van der Waals surface area contributed by atoms with Crippen molar-refractivity contribution < 1.29 is 23.1 Å². The molecule has 0 radical (unpaired) electrons. The number of fused-ring (bicyclic) bond motifs is 5. The smallest absolute Gasteiger partial charge is 0.264 e. The average Bonchev–Trinajstić information content (AvgIpc) is 3.15. The van der Waals surface area contributed by atoms with Gasteiger partial charge >= 0.3 is 0 Å². The quantitative estimate of drug-likeness (QED) is 0.558. The number of hydrogen-bond donors (Lipinski definition) is 0. The number of piperidine rings is 1. The fourth-order valence-corrected chi connectivity index (χ4v) is 5.75. The van der Waals surface area contributed by atoms with Crippen molar-refractivity contribution in [3.63, 3.8) is 0 Å². The molecule has 3 aliphatic rings. The zero-order chi connectivity index (χ0) is 24.4. The first-order valence-corrected chi connectivity index (χ1v) is 11.7. The summed E-state index contributed by atoms with van der Waals surface area (Å²) in [4.78, 5) is 29.3. The van der Waals surface area contributed by atoms with Crippen LogP contribution in [0.15, 0.2) is 36.4 Å². The van der Waals surface area contributed by atoms with Crippen LogP contribution in [0.25, 0.3) is 11.3 Å². The van der Waals surface area contributed by atoms with E-state index in [0.29, 0.717) is 34.7 Å². The van der Waals surface area contributed by atoms with Crippen LogP contribution in [0.1, 0.15) is 46.9 Å². The van der Waals surface area contributed by atoms with Crippen LogP contribution in [0.5, 0.6) is 5.75 Å².